The van der Waals surface area contributed by atoms with Crippen molar-refractivity contribution in [2.24, 2.45) is 0 Å². The van der Waals surface area contributed by atoms with Crippen LogP contribution in [0, 0.1) is 0 Å². The van der Waals surface area contributed by atoms with Gasteiger partial charge in [0.15, 0.2) is 6.10 Å². The van der Waals surface area contributed by atoms with Gasteiger partial charge in [0.25, 0.3) is 5.91 Å². The van der Waals surface area contributed by atoms with Crippen LogP contribution in [0.3, 0.4) is 0 Å². The molecule has 4 heteroatoms. The quantitative estimate of drug-likeness (QED) is 0.823. The summed E-state index contributed by atoms with van der Waals surface area (Å²) in [5.41, 5.74) is 1.18. The zero-order chi connectivity index (χ0) is 11.0. The number of benzene rings is 1. The Kier molecular flexibility index (Phi) is 2.38. The number of ether oxygens (including phenoxy) is 1. The van der Waals surface area contributed by atoms with E-state index in [1.807, 2.05) is 12.1 Å². The van der Waals surface area contributed by atoms with Crippen LogP contribution in [-0.2, 0) is 16.1 Å². The lowest BCUT2D eigenvalue weighted by atomic mass is 10.2. The number of hydrogen-bond donors (Lipinski definition) is 1. The van der Waals surface area contributed by atoms with Crippen molar-refractivity contribution < 1.29 is 9.53 Å². The summed E-state index contributed by atoms with van der Waals surface area (Å²) in [6.07, 6.45) is -0.204. The second-order valence-corrected chi connectivity index (χ2v) is 4.71. The van der Waals surface area contributed by atoms with Gasteiger partial charge in [-0.3, -0.25) is 4.79 Å². The van der Waals surface area contributed by atoms with Crippen LogP contribution in [0.5, 0.6) is 0 Å². The van der Waals surface area contributed by atoms with E-state index in [1.165, 1.54) is 15.6 Å². The minimum atomic E-state index is -0.204. The Morgan fingerprint density at radius 2 is 2.31 bits per heavy atom. The van der Waals surface area contributed by atoms with E-state index in [4.69, 9.17) is 4.74 Å². The van der Waals surface area contributed by atoms with Gasteiger partial charge in [0.1, 0.15) is 0 Å². The molecule has 0 aliphatic carbocycles. The molecule has 1 N–H and O–H groups in total. The van der Waals surface area contributed by atoms with E-state index in [2.05, 4.69) is 22.8 Å². The van der Waals surface area contributed by atoms with Gasteiger partial charge in [-0.1, -0.05) is 18.2 Å². The Morgan fingerprint density at radius 3 is 3.12 bits per heavy atom. The highest BCUT2D eigenvalue weighted by Crippen LogP contribution is 2.25. The number of carbonyl (C=O) groups is 1. The molecule has 3 rings (SSSR count). The van der Waals surface area contributed by atoms with Crippen LogP contribution in [0.2, 0.25) is 0 Å². The molecule has 2 aromatic rings. The summed E-state index contributed by atoms with van der Waals surface area (Å²) < 4.78 is 6.18. The lowest BCUT2D eigenvalue weighted by molar-refractivity contribution is -0.122. The Morgan fingerprint density at radius 1 is 1.50 bits per heavy atom. The van der Waals surface area contributed by atoms with Crippen molar-refractivity contribution in [1.82, 2.24) is 5.32 Å². The normalized spacial score (nSPS) is 18.6. The summed E-state index contributed by atoms with van der Waals surface area (Å²) in [7, 11) is 0. The van der Waals surface area contributed by atoms with Gasteiger partial charge >= 0.3 is 0 Å². The van der Waals surface area contributed by atoms with Crippen molar-refractivity contribution in [3.05, 3.63) is 35.2 Å². The standard InChI is InChI=1S/C12H11NO2S/c14-12(10-6-15-10)13-5-8-7-16-11-4-2-1-3-9(8)11/h1-4,7,10H,5-6H2,(H,13,14). The number of hydrogen-bond acceptors (Lipinski definition) is 3. The molecule has 0 saturated carbocycles. The summed E-state index contributed by atoms with van der Waals surface area (Å²) >= 11 is 1.71. The highest BCUT2D eigenvalue weighted by atomic mass is 32.1. The van der Waals surface area contributed by atoms with Gasteiger partial charge in [0.2, 0.25) is 0 Å². The van der Waals surface area contributed by atoms with Crippen molar-refractivity contribution in [3.8, 4) is 0 Å². The largest absolute Gasteiger partial charge is 0.363 e. The molecule has 1 saturated heterocycles. The number of epoxide rings is 1. The average molecular weight is 233 g/mol. The first-order valence-electron chi connectivity index (χ1n) is 5.19. The van der Waals surface area contributed by atoms with Crippen molar-refractivity contribution in [2.45, 2.75) is 12.6 Å². The lowest BCUT2D eigenvalue weighted by Gasteiger charge is -2.01. The molecule has 0 bridgehead atoms. The topological polar surface area (TPSA) is 41.6 Å². The van der Waals surface area contributed by atoms with E-state index >= 15 is 0 Å². The highest BCUT2D eigenvalue weighted by Gasteiger charge is 2.30. The molecule has 0 radical (unpaired) electrons. The molecule has 2 heterocycles. The molecule has 82 valence electrons. The third-order valence-corrected chi connectivity index (χ3v) is 3.65. The number of amides is 1. The smallest absolute Gasteiger partial charge is 0.251 e. The number of thiophene rings is 1. The van der Waals surface area contributed by atoms with Crippen LogP contribution in [0.1, 0.15) is 5.56 Å². The number of nitrogens with one attached hydrogen (secondary N) is 1. The van der Waals surface area contributed by atoms with Crippen LogP contribution in [-0.4, -0.2) is 18.6 Å². The highest BCUT2D eigenvalue weighted by molar-refractivity contribution is 7.17. The van der Waals surface area contributed by atoms with E-state index in [9.17, 15) is 4.79 Å². The molecule has 1 amide bonds. The maximum atomic E-state index is 11.4. The monoisotopic (exact) mass is 233 g/mol. The lowest BCUT2D eigenvalue weighted by Crippen LogP contribution is -2.27. The first kappa shape index (κ1) is 9.81. The third-order valence-electron chi connectivity index (χ3n) is 2.64. The summed E-state index contributed by atoms with van der Waals surface area (Å²) in [6, 6.07) is 8.22. The fourth-order valence-corrected chi connectivity index (χ4v) is 2.63. The second kappa shape index (κ2) is 3.88. The van der Waals surface area contributed by atoms with E-state index in [1.54, 1.807) is 11.3 Å². The molecule has 0 spiro atoms. The molecule has 1 atom stereocenters. The van der Waals surface area contributed by atoms with E-state index in [-0.39, 0.29) is 12.0 Å². The minimum Gasteiger partial charge on any atom is -0.363 e. The molecule has 3 nitrogen and oxygen atoms in total. The maximum absolute atomic E-state index is 11.4. The number of rotatable bonds is 3. The van der Waals surface area contributed by atoms with Crippen LogP contribution in [0.25, 0.3) is 10.1 Å². The van der Waals surface area contributed by atoms with Gasteiger partial charge in [0.05, 0.1) is 6.61 Å². The first-order valence-corrected chi connectivity index (χ1v) is 6.07. The molecule has 1 unspecified atom stereocenters. The molecule has 1 aromatic heterocycles. The van der Waals surface area contributed by atoms with Crippen LogP contribution in [0.15, 0.2) is 29.6 Å². The van der Waals surface area contributed by atoms with Gasteiger partial charge in [-0.25, -0.2) is 0 Å². The fraction of sp³-hybridized carbons (Fsp3) is 0.250. The predicted molar refractivity (Wildman–Crippen MR) is 63.4 cm³/mol. The van der Waals surface area contributed by atoms with Crippen LogP contribution in [0.4, 0.5) is 0 Å². The molecule has 1 aliphatic rings. The molecular weight excluding hydrogens is 222 g/mol. The van der Waals surface area contributed by atoms with Crippen molar-refractivity contribution in [2.75, 3.05) is 6.61 Å². The van der Waals surface area contributed by atoms with Gasteiger partial charge in [0, 0.05) is 11.2 Å². The van der Waals surface area contributed by atoms with Gasteiger partial charge < -0.3 is 10.1 Å². The summed E-state index contributed by atoms with van der Waals surface area (Å²) in [5.74, 6) is -0.00437. The molecule has 1 aromatic carbocycles. The van der Waals surface area contributed by atoms with E-state index < -0.39 is 0 Å². The van der Waals surface area contributed by atoms with Crippen molar-refractivity contribution >= 4 is 27.3 Å². The second-order valence-electron chi connectivity index (χ2n) is 3.80. The Hall–Kier alpha value is -1.39. The van der Waals surface area contributed by atoms with Gasteiger partial charge in [-0.05, 0) is 22.4 Å². The maximum Gasteiger partial charge on any atom is 0.251 e. The van der Waals surface area contributed by atoms with Crippen LogP contribution < -0.4 is 5.32 Å². The number of fused-ring (bicyclic) bond motifs is 1. The third kappa shape index (κ3) is 1.81. The predicted octanol–water partition coefficient (Wildman–Crippen LogP) is 1.92. The minimum absolute atomic E-state index is 0.00437. The zero-order valence-corrected chi connectivity index (χ0v) is 9.42. The number of carbonyl (C=O) groups excluding carboxylic acids is 1. The average Bonchev–Trinajstić information content (AvgIpc) is 3.08. The van der Waals surface area contributed by atoms with Crippen LogP contribution >= 0.6 is 11.3 Å². The molecule has 1 aliphatic heterocycles. The van der Waals surface area contributed by atoms with Crippen molar-refractivity contribution in [1.29, 1.82) is 0 Å². The summed E-state index contributed by atoms with van der Waals surface area (Å²) in [4.78, 5) is 11.4. The molecular formula is C12H11NO2S. The van der Waals surface area contributed by atoms with Crippen molar-refractivity contribution in [3.63, 3.8) is 0 Å². The SMILES string of the molecule is O=C(NCc1csc2ccccc12)C1CO1. The Bertz CT molecular complexity index is 531. The fourth-order valence-electron chi connectivity index (χ4n) is 1.67. The zero-order valence-electron chi connectivity index (χ0n) is 8.60. The van der Waals surface area contributed by atoms with Gasteiger partial charge in [-0.15, -0.1) is 11.3 Å². The van der Waals surface area contributed by atoms with Gasteiger partial charge in [-0.2, -0.15) is 0 Å². The summed E-state index contributed by atoms with van der Waals surface area (Å²) in [6.45, 7) is 1.15. The first-order chi connectivity index (χ1) is 7.84. The van der Waals surface area contributed by atoms with E-state index in [0.29, 0.717) is 13.2 Å². The Balaban J connectivity index is 1.76. The van der Waals surface area contributed by atoms with E-state index in [0.717, 1.165) is 0 Å². The summed E-state index contributed by atoms with van der Waals surface area (Å²) in [5, 5.41) is 6.20. The molecule has 16 heavy (non-hydrogen) atoms. The Labute approximate surface area is 97.0 Å². The molecule has 1 fully saturated rings.